The number of hydrogen-bond acceptors (Lipinski definition) is 3. The molecule has 0 saturated heterocycles. The zero-order valence-electron chi connectivity index (χ0n) is 12.7. The Morgan fingerprint density at radius 1 is 1.25 bits per heavy atom. The zero-order chi connectivity index (χ0) is 17.3. The molecular weight excluding hydrogens is 333 g/mol. The molecule has 0 saturated carbocycles. The lowest BCUT2D eigenvalue weighted by atomic mass is 10.1. The van der Waals surface area contributed by atoms with Crippen LogP contribution in [-0.2, 0) is 18.3 Å². The minimum absolute atomic E-state index is 0.0151. The van der Waals surface area contributed by atoms with Gasteiger partial charge in [0.2, 0.25) is 5.91 Å². The summed E-state index contributed by atoms with van der Waals surface area (Å²) in [5, 5.41) is 7.86. The van der Waals surface area contributed by atoms with Crippen molar-refractivity contribution in [3.63, 3.8) is 0 Å². The van der Waals surface area contributed by atoms with Crippen molar-refractivity contribution >= 4 is 34.0 Å². The van der Waals surface area contributed by atoms with Gasteiger partial charge >= 0.3 is 0 Å². The van der Waals surface area contributed by atoms with Gasteiger partial charge in [-0.2, -0.15) is 5.10 Å². The first-order valence-corrected chi connectivity index (χ1v) is 7.53. The molecule has 122 valence electrons. The molecule has 3 aromatic rings. The molecule has 5 nitrogen and oxygen atoms in total. The van der Waals surface area contributed by atoms with Gasteiger partial charge < -0.3 is 5.32 Å². The second-order valence-corrected chi connectivity index (χ2v) is 5.68. The van der Waals surface area contributed by atoms with Crippen molar-refractivity contribution in [1.29, 1.82) is 0 Å². The van der Waals surface area contributed by atoms with Crippen LogP contribution in [0.15, 0.2) is 47.3 Å². The predicted molar refractivity (Wildman–Crippen MR) is 90.7 cm³/mol. The van der Waals surface area contributed by atoms with Crippen LogP contribution < -0.4 is 10.9 Å². The Morgan fingerprint density at radius 2 is 1.96 bits per heavy atom. The molecule has 0 unspecified atom stereocenters. The Hall–Kier alpha value is -2.73. The molecule has 7 heteroatoms. The third-order valence-electron chi connectivity index (χ3n) is 3.56. The van der Waals surface area contributed by atoms with Gasteiger partial charge in [0.25, 0.3) is 5.56 Å². The van der Waals surface area contributed by atoms with Gasteiger partial charge in [0, 0.05) is 18.1 Å². The van der Waals surface area contributed by atoms with Crippen molar-refractivity contribution in [2.75, 3.05) is 5.32 Å². The Balaban J connectivity index is 1.89. The van der Waals surface area contributed by atoms with Crippen LogP contribution in [0.4, 0.5) is 10.1 Å². The van der Waals surface area contributed by atoms with Gasteiger partial charge in [-0.3, -0.25) is 9.59 Å². The predicted octanol–water partition coefficient (Wildman–Crippen LogP) is 2.91. The highest BCUT2D eigenvalue weighted by molar-refractivity contribution is 6.30. The number of carbonyl (C=O) groups is 1. The van der Waals surface area contributed by atoms with Crippen molar-refractivity contribution in [3.05, 3.63) is 69.4 Å². The highest BCUT2D eigenvalue weighted by atomic mass is 35.5. The first-order valence-electron chi connectivity index (χ1n) is 7.15. The van der Waals surface area contributed by atoms with E-state index in [0.717, 1.165) is 6.07 Å². The summed E-state index contributed by atoms with van der Waals surface area (Å²) in [7, 11) is 1.53. The summed E-state index contributed by atoms with van der Waals surface area (Å²) in [5.41, 5.74) is 0.546. The van der Waals surface area contributed by atoms with E-state index >= 15 is 0 Å². The molecule has 1 amide bonds. The number of aryl methyl sites for hydroxylation is 1. The van der Waals surface area contributed by atoms with E-state index in [0.29, 0.717) is 22.2 Å². The number of aromatic nitrogens is 2. The van der Waals surface area contributed by atoms with Gasteiger partial charge in [0.1, 0.15) is 5.82 Å². The van der Waals surface area contributed by atoms with Gasteiger partial charge in [-0.15, -0.1) is 0 Å². The monoisotopic (exact) mass is 345 g/mol. The molecule has 0 aliphatic carbocycles. The van der Waals surface area contributed by atoms with Crippen LogP contribution >= 0.6 is 11.6 Å². The lowest BCUT2D eigenvalue weighted by Gasteiger charge is -2.09. The Bertz CT molecular complexity index is 1000. The lowest BCUT2D eigenvalue weighted by Crippen LogP contribution is -2.24. The highest BCUT2D eigenvalue weighted by Gasteiger charge is 2.13. The maximum absolute atomic E-state index is 13.4. The van der Waals surface area contributed by atoms with E-state index in [1.807, 2.05) is 0 Å². The fourth-order valence-corrected chi connectivity index (χ4v) is 2.56. The fourth-order valence-electron chi connectivity index (χ4n) is 2.44. The summed E-state index contributed by atoms with van der Waals surface area (Å²) in [5.74, 6) is -0.979. The number of hydrogen-bond donors (Lipinski definition) is 1. The SMILES string of the molecule is Cn1nc(CC(=O)Nc2ccc(Cl)c(F)c2)c2ccccc2c1=O. The quantitative estimate of drug-likeness (QED) is 0.794. The van der Waals surface area contributed by atoms with Crippen LogP contribution in [0.1, 0.15) is 5.69 Å². The fraction of sp³-hybridized carbons (Fsp3) is 0.118. The molecule has 0 aliphatic heterocycles. The van der Waals surface area contributed by atoms with E-state index in [1.165, 1.54) is 23.9 Å². The number of fused-ring (bicyclic) bond motifs is 1. The van der Waals surface area contributed by atoms with Crippen molar-refractivity contribution in [1.82, 2.24) is 9.78 Å². The number of rotatable bonds is 3. The largest absolute Gasteiger partial charge is 0.326 e. The number of halogens is 2. The van der Waals surface area contributed by atoms with Crippen LogP contribution in [0.2, 0.25) is 5.02 Å². The molecule has 1 N–H and O–H groups in total. The number of nitrogens with zero attached hydrogens (tertiary/aromatic N) is 2. The van der Waals surface area contributed by atoms with E-state index in [-0.39, 0.29) is 22.9 Å². The van der Waals surface area contributed by atoms with Gasteiger partial charge in [0.05, 0.1) is 22.5 Å². The average molecular weight is 346 g/mol. The van der Waals surface area contributed by atoms with Crippen LogP contribution in [0.5, 0.6) is 0 Å². The van der Waals surface area contributed by atoms with E-state index < -0.39 is 5.82 Å². The smallest absolute Gasteiger partial charge is 0.274 e. The molecule has 1 aromatic heterocycles. The van der Waals surface area contributed by atoms with Gasteiger partial charge in [-0.25, -0.2) is 9.07 Å². The summed E-state index contributed by atoms with van der Waals surface area (Å²) in [6.45, 7) is 0. The molecule has 2 aromatic carbocycles. The molecule has 0 atom stereocenters. The topological polar surface area (TPSA) is 64.0 Å². The molecule has 0 spiro atoms. The molecule has 0 radical (unpaired) electrons. The number of anilines is 1. The lowest BCUT2D eigenvalue weighted by molar-refractivity contribution is -0.115. The number of amides is 1. The van der Waals surface area contributed by atoms with Crippen molar-refractivity contribution in [2.24, 2.45) is 7.05 Å². The van der Waals surface area contributed by atoms with E-state index in [2.05, 4.69) is 10.4 Å². The van der Waals surface area contributed by atoms with Gasteiger partial charge in [-0.1, -0.05) is 29.8 Å². The molecule has 0 aliphatic rings. The van der Waals surface area contributed by atoms with Crippen molar-refractivity contribution < 1.29 is 9.18 Å². The standard InChI is InChI=1S/C17H13ClFN3O2/c1-22-17(24)12-5-3-2-4-11(12)15(21-22)9-16(23)20-10-6-7-13(18)14(19)8-10/h2-8H,9H2,1H3,(H,20,23). The first-order chi connectivity index (χ1) is 11.5. The molecule has 0 fully saturated rings. The summed E-state index contributed by atoms with van der Waals surface area (Å²) < 4.78 is 14.6. The summed E-state index contributed by atoms with van der Waals surface area (Å²) in [4.78, 5) is 24.3. The molecule has 0 bridgehead atoms. The van der Waals surface area contributed by atoms with Gasteiger partial charge in [0.15, 0.2) is 0 Å². The Labute approximate surface area is 141 Å². The highest BCUT2D eigenvalue weighted by Crippen LogP contribution is 2.19. The molecule has 1 heterocycles. The van der Waals surface area contributed by atoms with Crippen LogP contribution in [-0.4, -0.2) is 15.7 Å². The maximum atomic E-state index is 13.4. The van der Waals surface area contributed by atoms with Crippen molar-refractivity contribution in [3.8, 4) is 0 Å². The minimum atomic E-state index is -0.611. The first kappa shape index (κ1) is 16.1. The number of benzene rings is 2. The van der Waals surface area contributed by atoms with Crippen LogP contribution in [0.3, 0.4) is 0 Å². The van der Waals surface area contributed by atoms with Crippen LogP contribution in [0, 0.1) is 5.82 Å². The van der Waals surface area contributed by atoms with E-state index in [9.17, 15) is 14.0 Å². The summed E-state index contributed by atoms with van der Waals surface area (Å²) >= 11 is 5.61. The molecule has 3 rings (SSSR count). The normalized spacial score (nSPS) is 10.8. The average Bonchev–Trinajstić information content (AvgIpc) is 2.56. The van der Waals surface area contributed by atoms with Gasteiger partial charge in [-0.05, 0) is 24.3 Å². The zero-order valence-corrected chi connectivity index (χ0v) is 13.5. The van der Waals surface area contributed by atoms with E-state index in [1.54, 1.807) is 24.3 Å². The summed E-state index contributed by atoms with van der Waals surface area (Å²) in [6, 6.07) is 11.0. The van der Waals surface area contributed by atoms with Crippen LogP contribution in [0.25, 0.3) is 10.8 Å². The third kappa shape index (κ3) is 3.14. The second-order valence-electron chi connectivity index (χ2n) is 5.27. The Morgan fingerprint density at radius 3 is 2.67 bits per heavy atom. The van der Waals surface area contributed by atoms with E-state index in [4.69, 9.17) is 11.6 Å². The number of carbonyl (C=O) groups excluding carboxylic acids is 1. The maximum Gasteiger partial charge on any atom is 0.274 e. The summed E-state index contributed by atoms with van der Waals surface area (Å²) in [6.07, 6.45) is -0.0428. The molecular formula is C17H13ClFN3O2. The number of nitrogens with one attached hydrogen (secondary N) is 1. The minimum Gasteiger partial charge on any atom is -0.326 e. The van der Waals surface area contributed by atoms with Crippen molar-refractivity contribution in [2.45, 2.75) is 6.42 Å². The Kier molecular flexibility index (Phi) is 4.31. The molecule has 24 heavy (non-hydrogen) atoms. The third-order valence-corrected chi connectivity index (χ3v) is 3.87. The second kappa shape index (κ2) is 6.41.